The lowest BCUT2D eigenvalue weighted by Crippen LogP contribution is -2.42. The highest BCUT2D eigenvalue weighted by Crippen LogP contribution is 2.33. The van der Waals surface area contributed by atoms with Crippen LogP contribution in [0.3, 0.4) is 0 Å². The molecule has 198 valence electrons. The molecule has 0 unspecified atom stereocenters. The van der Waals surface area contributed by atoms with Crippen LogP contribution in [0.1, 0.15) is 12.8 Å². The lowest BCUT2D eigenvalue weighted by atomic mass is 10.0. The third-order valence-corrected chi connectivity index (χ3v) is 8.44. The van der Waals surface area contributed by atoms with Crippen molar-refractivity contribution in [2.45, 2.75) is 18.9 Å². The SMILES string of the molecule is C=C(COc1ccc(-n2cnc3cc(-c4ccc(Cl)cc4)sc3c2=O)cc1OC)N1CCC(N(C)C)CC1. The van der Waals surface area contributed by atoms with Gasteiger partial charge in [0.1, 0.15) is 17.6 Å². The minimum atomic E-state index is -0.134. The number of fused-ring (bicyclic) bond motifs is 1. The largest absolute Gasteiger partial charge is 0.493 e. The number of hydrogen-bond acceptors (Lipinski definition) is 7. The molecule has 7 nitrogen and oxygen atoms in total. The number of hydrogen-bond donors (Lipinski definition) is 0. The van der Waals surface area contributed by atoms with Crippen LogP contribution in [0.25, 0.3) is 26.3 Å². The van der Waals surface area contributed by atoms with E-state index >= 15 is 0 Å². The van der Waals surface area contributed by atoms with Crippen molar-refractivity contribution in [1.29, 1.82) is 0 Å². The second-order valence-electron chi connectivity index (χ2n) is 9.62. The van der Waals surface area contributed by atoms with Gasteiger partial charge in [0.2, 0.25) is 0 Å². The summed E-state index contributed by atoms with van der Waals surface area (Å²) in [6.07, 6.45) is 3.78. The van der Waals surface area contributed by atoms with Crippen LogP contribution in [0.2, 0.25) is 5.02 Å². The van der Waals surface area contributed by atoms with Crippen molar-refractivity contribution in [2.24, 2.45) is 0 Å². The van der Waals surface area contributed by atoms with E-state index in [2.05, 4.69) is 35.5 Å². The molecule has 1 aliphatic heterocycles. The Kier molecular flexibility index (Phi) is 7.74. The van der Waals surface area contributed by atoms with Crippen molar-refractivity contribution >= 4 is 33.2 Å². The molecule has 4 aromatic rings. The highest BCUT2D eigenvalue weighted by atomic mass is 35.5. The first kappa shape index (κ1) is 26.3. The highest BCUT2D eigenvalue weighted by Gasteiger charge is 2.22. The molecule has 3 heterocycles. The van der Waals surface area contributed by atoms with Gasteiger partial charge < -0.3 is 19.3 Å². The van der Waals surface area contributed by atoms with Gasteiger partial charge >= 0.3 is 0 Å². The summed E-state index contributed by atoms with van der Waals surface area (Å²) < 4.78 is 13.8. The molecule has 0 bridgehead atoms. The van der Waals surface area contributed by atoms with E-state index < -0.39 is 0 Å². The fraction of sp³-hybridized carbons (Fsp3) is 0.310. The number of thiophene rings is 1. The number of benzene rings is 2. The molecule has 5 rings (SSSR count). The van der Waals surface area contributed by atoms with E-state index in [0.29, 0.717) is 45.1 Å². The second kappa shape index (κ2) is 11.2. The molecule has 1 saturated heterocycles. The average Bonchev–Trinajstić information content (AvgIpc) is 3.38. The predicted molar refractivity (Wildman–Crippen MR) is 155 cm³/mol. The molecular formula is C29H31ClN4O3S. The number of piperidine rings is 1. The molecule has 38 heavy (non-hydrogen) atoms. The van der Waals surface area contributed by atoms with Crippen LogP contribution in [0.4, 0.5) is 0 Å². The monoisotopic (exact) mass is 550 g/mol. The Labute approximate surface area is 231 Å². The highest BCUT2D eigenvalue weighted by molar-refractivity contribution is 7.22. The van der Waals surface area contributed by atoms with Crippen molar-refractivity contribution in [1.82, 2.24) is 19.4 Å². The topological polar surface area (TPSA) is 59.8 Å². The summed E-state index contributed by atoms with van der Waals surface area (Å²) in [4.78, 5) is 23.5. The van der Waals surface area contributed by atoms with E-state index in [4.69, 9.17) is 21.1 Å². The Morgan fingerprint density at radius 1 is 1.13 bits per heavy atom. The molecule has 0 amide bonds. The second-order valence-corrected chi connectivity index (χ2v) is 11.1. The fourth-order valence-corrected chi connectivity index (χ4v) is 5.90. The average molecular weight is 551 g/mol. The number of methoxy groups -OCH3 is 1. The van der Waals surface area contributed by atoms with Crippen molar-refractivity contribution in [3.63, 3.8) is 0 Å². The van der Waals surface area contributed by atoms with Gasteiger partial charge in [0, 0.05) is 40.8 Å². The summed E-state index contributed by atoms with van der Waals surface area (Å²) in [5.41, 5.74) is 3.13. The zero-order valence-corrected chi connectivity index (χ0v) is 23.4. The maximum Gasteiger partial charge on any atom is 0.275 e. The van der Waals surface area contributed by atoms with Crippen LogP contribution in [-0.4, -0.2) is 66.3 Å². The van der Waals surface area contributed by atoms with Crippen LogP contribution >= 0.6 is 22.9 Å². The Morgan fingerprint density at radius 3 is 2.55 bits per heavy atom. The normalized spacial score (nSPS) is 14.3. The third kappa shape index (κ3) is 5.43. The van der Waals surface area contributed by atoms with Crippen LogP contribution in [-0.2, 0) is 0 Å². The first-order chi connectivity index (χ1) is 18.3. The molecule has 0 spiro atoms. The van der Waals surface area contributed by atoms with Crippen LogP contribution in [0.5, 0.6) is 11.5 Å². The van der Waals surface area contributed by atoms with Gasteiger partial charge in [-0.05, 0) is 62.8 Å². The van der Waals surface area contributed by atoms with E-state index in [-0.39, 0.29) is 5.56 Å². The summed E-state index contributed by atoms with van der Waals surface area (Å²) >= 11 is 7.44. The number of ether oxygens (including phenoxy) is 2. The quantitative estimate of drug-likeness (QED) is 0.281. The van der Waals surface area contributed by atoms with Gasteiger partial charge in [0.05, 0.1) is 18.3 Å². The summed E-state index contributed by atoms with van der Waals surface area (Å²) in [5.74, 6) is 1.14. The molecule has 0 atom stereocenters. The van der Waals surface area contributed by atoms with E-state index in [0.717, 1.165) is 42.1 Å². The molecule has 0 saturated carbocycles. The number of rotatable bonds is 8. The van der Waals surface area contributed by atoms with Gasteiger partial charge in [0.25, 0.3) is 5.56 Å². The Hall–Kier alpha value is -3.33. The number of aromatic nitrogens is 2. The van der Waals surface area contributed by atoms with Gasteiger partial charge in [-0.1, -0.05) is 30.3 Å². The van der Waals surface area contributed by atoms with Crippen molar-refractivity contribution < 1.29 is 9.47 Å². The lowest BCUT2D eigenvalue weighted by molar-refractivity contribution is 0.158. The smallest absolute Gasteiger partial charge is 0.275 e. The zero-order valence-electron chi connectivity index (χ0n) is 21.8. The first-order valence-electron chi connectivity index (χ1n) is 12.5. The Morgan fingerprint density at radius 2 is 1.87 bits per heavy atom. The molecule has 1 aliphatic rings. The minimum absolute atomic E-state index is 0.134. The Bertz CT molecular complexity index is 1500. The minimum Gasteiger partial charge on any atom is -0.493 e. The summed E-state index contributed by atoms with van der Waals surface area (Å²) in [6, 6.07) is 15.6. The number of halogens is 1. The molecule has 1 fully saturated rings. The molecule has 0 radical (unpaired) electrons. The summed E-state index contributed by atoms with van der Waals surface area (Å²) in [5, 5.41) is 0.672. The molecule has 9 heteroatoms. The third-order valence-electron chi connectivity index (χ3n) is 7.03. The molecule has 0 aliphatic carbocycles. The number of nitrogens with zero attached hydrogens (tertiary/aromatic N) is 4. The van der Waals surface area contributed by atoms with Crippen molar-refractivity contribution in [2.75, 3.05) is 40.9 Å². The van der Waals surface area contributed by atoms with Crippen LogP contribution in [0.15, 0.2) is 71.9 Å². The zero-order chi connectivity index (χ0) is 26.8. The van der Waals surface area contributed by atoms with Crippen LogP contribution in [0, 0.1) is 0 Å². The molecule has 2 aromatic carbocycles. The van der Waals surface area contributed by atoms with E-state index in [1.165, 1.54) is 15.9 Å². The molecule has 2 aromatic heterocycles. The predicted octanol–water partition coefficient (Wildman–Crippen LogP) is 5.69. The summed E-state index contributed by atoms with van der Waals surface area (Å²) in [6.45, 7) is 6.56. The molecular weight excluding hydrogens is 520 g/mol. The lowest BCUT2D eigenvalue weighted by Gasteiger charge is -2.37. The van der Waals surface area contributed by atoms with Gasteiger partial charge in [0.15, 0.2) is 11.5 Å². The van der Waals surface area contributed by atoms with E-state index in [1.54, 1.807) is 19.5 Å². The number of likely N-dealkylation sites (tertiary alicyclic amines) is 1. The van der Waals surface area contributed by atoms with Gasteiger partial charge in [-0.2, -0.15) is 0 Å². The van der Waals surface area contributed by atoms with Crippen LogP contribution < -0.4 is 15.0 Å². The Balaban J connectivity index is 1.32. The standard InChI is InChI=1S/C29H31ClN4O3S/c1-19(33-13-11-22(12-14-33)32(2)3)17-37-25-10-9-23(15-26(25)36-4)34-18-31-24-16-27(38-28(24)29(34)35)20-5-7-21(30)8-6-20/h5-10,15-16,18,22H,1,11-14,17H2,2-4H3. The maximum absolute atomic E-state index is 13.4. The van der Waals surface area contributed by atoms with Gasteiger partial charge in [-0.3, -0.25) is 9.36 Å². The van der Waals surface area contributed by atoms with Crippen molar-refractivity contribution in [3.8, 4) is 27.6 Å². The fourth-order valence-electron chi connectivity index (χ4n) is 4.73. The first-order valence-corrected chi connectivity index (χ1v) is 13.7. The van der Waals surface area contributed by atoms with Crippen molar-refractivity contribution in [3.05, 3.63) is 82.5 Å². The van der Waals surface area contributed by atoms with E-state index in [9.17, 15) is 4.79 Å². The molecule has 0 N–H and O–H groups in total. The summed E-state index contributed by atoms with van der Waals surface area (Å²) in [7, 11) is 5.86. The maximum atomic E-state index is 13.4. The van der Waals surface area contributed by atoms with E-state index in [1.807, 2.05) is 42.5 Å². The van der Waals surface area contributed by atoms with Gasteiger partial charge in [-0.15, -0.1) is 11.3 Å². The van der Waals surface area contributed by atoms with Gasteiger partial charge in [-0.25, -0.2) is 4.98 Å².